The van der Waals surface area contributed by atoms with Crippen molar-refractivity contribution in [2.45, 2.75) is 0 Å². The highest BCUT2D eigenvalue weighted by Gasteiger charge is 2.17. The van der Waals surface area contributed by atoms with Crippen LogP contribution in [0.2, 0.25) is 0 Å². The number of hydrogen-bond donors (Lipinski definition) is 0. The molecular weight excluding hydrogens is 655 g/mol. The summed E-state index contributed by atoms with van der Waals surface area (Å²) >= 11 is 1.80. The van der Waals surface area contributed by atoms with Gasteiger partial charge in [-0.25, -0.2) is 15.0 Å². The summed E-state index contributed by atoms with van der Waals surface area (Å²) in [5.74, 6) is 1.94. The van der Waals surface area contributed by atoms with Gasteiger partial charge in [-0.05, 0) is 63.0 Å². The van der Waals surface area contributed by atoms with E-state index in [1.807, 2.05) is 0 Å². The minimum Gasteiger partial charge on any atom is -0.456 e. The summed E-state index contributed by atoms with van der Waals surface area (Å²) in [6.45, 7) is 0. The van der Waals surface area contributed by atoms with Crippen LogP contribution in [0, 0.1) is 0 Å². The summed E-state index contributed by atoms with van der Waals surface area (Å²) in [5.41, 5.74) is 6.87. The van der Waals surface area contributed by atoms with Crippen LogP contribution in [-0.4, -0.2) is 15.0 Å². The van der Waals surface area contributed by atoms with Gasteiger partial charge in [-0.2, -0.15) is 0 Å². The molecule has 0 fully saturated rings. The molecule has 5 heteroatoms. The Kier molecular flexibility index (Phi) is 6.39. The van der Waals surface area contributed by atoms with E-state index in [1.54, 1.807) is 11.3 Å². The van der Waals surface area contributed by atoms with Crippen LogP contribution in [0.5, 0.6) is 0 Å². The average Bonchev–Trinajstić information content (AvgIpc) is 3.77. The number of nitrogens with zero attached hydrogens (tertiary/aromatic N) is 3. The fraction of sp³-hybridized carbons (Fsp3) is 0. The molecule has 0 saturated heterocycles. The largest absolute Gasteiger partial charge is 0.456 e. The van der Waals surface area contributed by atoms with Crippen LogP contribution < -0.4 is 0 Å². The molecule has 3 heterocycles. The second-order valence-corrected chi connectivity index (χ2v) is 14.3. The molecule has 0 bridgehead atoms. The van der Waals surface area contributed by atoms with E-state index < -0.39 is 0 Å². The molecule has 242 valence electrons. The van der Waals surface area contributed by atoms with E-state index in [0.717, 1.165) is 60.5 Å². The van der Waals surface area contributed by atoms with Crippen molar-refractivity contribution in [2.75, 3.05) is 0 Å². The molecule has 11 rings (SSSR count). The molecule has 0 aliphatic rings. The van der Waals surface area contributed by atoms with Gasteiger partial charge in [-0.3, -0.25) is 0 Å². The zero-order valence-corrected chi connectivity index (χ0v) is 28.6. The molecule has 0 spiro atoms. The monoisotopic (exact) mass is 681 g/mol. The van der Waals surface area contributed by atoms with E-state index >= 15 is 0 Å². The number of rotatable bonds is 4. The number of fused-ring (bicyclic) bond motifs is 8. The maximum Gasteiger partial charge on any atom is 0.164 e. The molecule has 0 atom stereocenters. The van der Waals surface area contributed by atoms with Gasteiger partial charge in [-0.15, -0.1) is 11.3 Å². The first-order valence-electron chi connectivity index (χ1n) is 17.3. The third kappa shape index (κ3) is 4.64. The lowest BCUT2D eigenvalue weighted by molar-refractivity contribution is 0.669. The number of thiophene rings is 1. The van der Waals surface area contributed by atoms with E-state index in [-0.39, 0.29) is 0 Å². The van der Waals surface area contributed by atoms with Crippen LogP contribution in [0.15, 0.2) is 168 Å². The summed E-state index contributed by atoms with van der Waals surface area (Å²) in [5, 5.41) is 9.38. The Bertz CT molecular complexity index is 3190. The smallest absolute Gasteiger partial charge is 0.164 e. The first-order valence-corrected chi connectivity index (χ1v) is 18.2. The summed E-state index contributed by atoms with van der Waals surface area (Å²) in [4.78, 5) is 15.4. The van der Waals surface area contributed by atoms with Crippen molar-refractivity contribution in [3.63, 3.8) is 0 Å². The summed E-state index contributed by atoms with van der Waals surface area (Å²) in [6.07, 6.45) is 0. The quantitative estimate of drug-likeness (QED) is 0.185. The van der Waals surface area contributed by atoms with Crippen molar-refractivity contribution in [1.82, 2.24) is 15.0 Å². The predicted octanol–water partition coefficient (Wildman–Crippen LogP) is 13.1. The van der Waals surface area contributed by atoms with Crippen LogP contribution in [0.1, 0.15) is 0 Å². The minimum atomic E-state index is 0.634. The van der Waals surface area contributed by atoms with Gasteiger partial charge in [0.05, 0.1) is 0 Å². The maximum atomic E-state index is 6.37. The van der Waals surface area contributed by atoms with E-state index in [2.05, 4.69) is 164 Å². The van der Waals surface area contributed by atoms with Gasteiger partial charge in [0.15, 0.2) is 17.5 Å². The van der Waals surface area contributed by atoms with Gasteiger partial charge >= 0.3 is 0 Å². The lowest BCUT2D eigenvalue weighted by atomic mass is 9.97. The molecule has 52 heavy (non-hydrogen) atoms. The maximum absolute atomic E-state index is 6.37. The first-order chi connectivity index (χ1) is 25.7. The molecule has 0 amide bonds. The zero-order valence-electron chi connectivity index (χ0n) is 27.7. The second-order valence-electron chi connectivity index (χ2n) is 13.2. The van der Waals surface area contributed by atoms with Crippen molar-refractivity contribution in [3.8, 4) is 45.3 Å². The van der Waals surface area contributed by atoms with Gasteiger partial charge in [-0.1, -0.05) is 133 Å². The molecule has 0 saturated carbocycles. The molecular formula is C47H27N3OS. The molecule has 0 aliphatic carbocycles. The lowest BCUT2D eigenvalue weighted by Gasteiger charge is -2.11. The second kappa shape index (κ2) is 11.4. The number of aromatic nitrogens is 3. The third-order valence-electron chi connectivity index (χ3n) is 10.1. The number of benzene rings is 8. The van der Waals surface area contributed by atoms with Crippen molar-refractivity contribution >= 4 is 75.0 Å². The summed E-state index contributed by atoms with van der Waals surface area (Å²) in [6, 6.07) is 57.5. The summed E-state index contributed by atoms with van der Waals surface area (Å²) < 4.78 is 8.86. The Morgan fingerprint density at radius 1 is 0.365 bits per heavy atom. The molecule has 0 N–H and O–H groups in total. The standard InChI is InChI=1S/C47H27N3OS/c1-2-11-32-26-41-39(25-31(32)10-1)44-35(15-8-17-40(44)51-41)29-19-21-30(22-20-29)45-48-46(33-23-24-37-36-14-5-6-18-42(36)52-43(37)27-33)50-47(49-45)38-16-7-12-28-9-3-4-13-34(28)38/h1-27H. The Labute approximate surface area is 302 Å². The van der Waals surface area contributed by atoms with Gasteiger partial charge in [0, 0.05) is 47.6 Å². The van der Waals surface area contributed by atoms with E-state index in [4.69, 9.17) is 19.4 Å². The van der Waals surface area contributed by atoms with Crippen LogP contribution in [0.4, 0.5) is 0 Å². The normalized spacial score (nSPS) is 11.8. The van der Waals surface area contributed by atoms with Crippen molar-refractivity contribution in [3.05, 3.63) is 164 Å². The van der Waals surface area contributed by atoms with Gasteiger partial charge in [0.2, 0.25) is 0 Å². The molecule has 4 nitrogen and oxygen atoms in total. The SMILES string of the molecule is c1ccc2cc3c(cc2c1)oc1cccc(-c2ccc(-c4nc(-c5ccc6c(c5)sc5ccccc56)nc(-c5cccc6ccccc56)n4)cc2)c13. The topological polar surface area (TPSA) is 51.8 Å². The highest BCUT2D eigenvalue weighted by atomic mass is 32.1. The minimum absolute atomic E-state index is 0.634. The third-order valence-corrected chi connectivity index (χ3v) is 11.3. The van der Waals surface area contributed by atoms with Crippen LogP contribution in [0.3, 0.4) is 0 Å². The molecule has 11 aromatic rings. The van der Waals surface area contributed by atoms with Crippen molar-refractivity contribution in [2.24, 2.45) is 0 Å². The highest BCUT2D eigenvalue weighted by Crippen LogP contribution is 2.40. The fourth-order valence-electron chi connectivity index (χ4n) is 7.59. The molecule has 0 radical (unpaired) electrons. The zero-order chi connectivity index (χ0) is 34.2. The number of furan rings is 1. The van der Waals surface area contributed by atoms with Crippen LogP contribution >= 0.6 is 11.3 Å². The highest BCUT2D eigenvalue weighted by molar-refractivity contribution is 7.25. The molecule has 0 aliphatic heterocycles. The van der Waals surface area contributed by atoms with Gasteiger partial charge in [0.25, 0.3) is 0 Å². The van der Waals surface area contributed by atoms with Gasteiger partial charge in [0.1, 0.15) is 11.2 Å². The Morgan fingerprint density at radius 3 is 1.85 bits per heavy atom. The number of hydrogen-bond acceptors (Lipinski definition) is 5. The Morgan fingerprint density at radius 2 is 0.981 bits per heavy atom. The predicted molar refractivity (Wildman–Crippen MR) is 217 cm³/mol. The average molecular weight is 682 g/mol. The summed E-state index contributed by atoms with van der Waals surface area (Å²) in [7, 11) is 0. The van der Waals surface area contributed by atoms with Crippen molar-refractivity contribution in [1.29, 1.82) is 0 Å². The van der Waals surface area contributed by atoms with Crippen LogP contribution in [0.25, 0.3) is 109 Å². The first kappa shape index (κ1) is 29.1. The van der Waals surface area contributed by atoms with E-state index in [0.29, 0.717) is 17.5 Å². The lowest BCUT2D eigenvalue weighted by Crippen LogP contribution is -2.00. The molecule has 0 unspecified atom stereocenters. The molecule has 8 aromatic carbocycles. The Balaban J connectivity index is 1.06. The van der Waals surface area contributed by atoms with Gasteiger partial charge < -0.3 is 4.42 Å². The van der Waals surface area contributed by atoms with Crippen LogP contribution in [-0.2, 0) is 0 Å². The van der Waals surface area contributed by atoms with Crippen molar-refractivity contribution < 1.29 is 4.42 Å². The molecule has 3 aromatic heterocycles. The van der Waals surface area contributed by atoms with E-state index in [1.165, 1.54) is 30.9 Å². The Hall–Kier alpha value is -6.69. The fourth-order valence-corrected chi connectivity index (χ4v) is 8.74. The van der Waals surface area contributed by atoms with E-state index in [9.17, 15) is 0 Å².